The number of hydrogen-bond acceptors (Lipinski definition) is 4. The zero-order chi connectivity index (χ0) is 17.9. The highest BCUT2D eigenvalue weighted by Crippen LogP contribution is 2.36. The van der Waals surface area contributed by atoms with Gasteiger partial charge in [-0.1, -0.05) is 37.1 Å². The Hall–Kier alpha value is -2.17. The van der Waals surface area contributed by atoms with Gasteiger partial charge < -0.3 is 10.1 Å². The molecular weight excluding hydrogens is 318 g/mol. The fourth-order valence-electron chi connectivity index (χ4n) is 4.13. The molecular formula is C20H25NO4. The van der Waals surface area contributed by atoms with Crippen LogP contribution >= 0.6 is 0 Å². The maximum Gasteiger partial charge on any atom is 0.308 e. The highest BCUT2D eigenvalue weighted by molar-refractivity contribution is 6.01. The molecule has 2 aliphatic carbocycles. The van der Waals surface area contributed by atoms with Crippen molar-refractivity contribution < 1.29 is 19.1 Å². The van der Waals surface area contributed by atoms with Gasteiger partial charge in [0.2, 0.25) is 5.91 Å². The van der Waals surface area contributed by atoms with Crippen LogP contribution < -0.4 is 5.32 Å². The number of carbonyl (C=O) groups excluding carboxylic acids is 3. The normalized spacial score (nSPS) is 21.5. The molecule has 0 heterocycles. The summed E-state index contributed by atoms with van der Waals surface area (Å²) in [6.45, 7) is 2.13. The Morgan fingerprint density at radius 3 is 2.68 bits per heavy atom. The number of ketones is 1. The predicted molar refractivity (Wildman–Crippen MR) is 93.3 cm³/mol. The largest absolute Gasteiger partial charge is 0.466 e. The lowest BCUT2D eigenvalue weighted by molar-refractivity contribution is -0.145. The van der Waals surface area contributed by atoms with Gasteiger partial charge >= 0.3 is 5.97 Å². The Morgan fingerprint density at radius 2 is 1.96 bits per heavy atom. The second-order valence-electron chi connectivity index (χ2n) is 7.06. The number of fused-ring (bicyclic) bond motifs is 1. The molecule has 1 amide bonds. The standard InChI is InChI=1S/C20H25NO4/c1-2-25-18(23)13-20(11-5-6-12-20)21-19(24)16-9-10-17(22)15-8-4-3-7-14(15)16/h3-4,7-8,16H,2,5-6,9-13H2,1H3,(H,21,24). The van der Waals surface area contributed by atoms with Gasteiger partial charge in [0.05, 0.1) is 24.5 Å². The number of carbonyl (C=O) groups is 3. The summed E-state index contributed by atoms with van der Waals surface area (Å²) in [5.41, 5.74) is 0.958. The van der Waals surface area contributed by atoms with Crippen LogP contribution in [0.1, 0.15) is 73.7 Å². The molecule has 2 aliphatic rings. The summed E-state index contributed by atoms with van der Waals surface area (Å²) in [6.07, 6.45) is 4.73. The third-order valence-corrected chi connectivity index (χ3v) is 5.35. The Balaban J connectivity index is 1.77. The summed E-state index contributed by atoms with van der Waals surface area (Å²) < 4.78 is 5.09. The first-order chi connectivity index (χ1) is 12.0. The lowest BCUT2D eigenvalue weighted by Gasteiger charge is -2.33. The van der Waals surface area contributed by atoms with Crippen molar-refractivity contribution in [2.24, 2.45) is 0 Å². The molecule has 1 aromatic carbocycles. The minimum Gasteiger partial charge on any atom is -0.466 e. The first-order valence-corrected chi connectivity index (χ1v) is 9.14. The van der Waals surface area contributed by atoms with Crippen LogP contribution in [0, 0.1) is 0 Å². The first-order valence-electron chi connectivity index (χ1n) is 9.14. The third-order valence-electron chi connectivity index (χ3n) is 5.35. The highest BCUT2D eigenvalue weighted by Gasteiger charge is 2.40. The molecule has 25 heavy (non-hydrogen) atoms. The molecule has 0 saturated heterocycles. The lowest BCUT2D eigenvalue weighted by atomic mass is 9.80. The number of esters is 1. The number of amides is 1. The molecule has 3 rings (SSSR count). The SMILES string of the molecule is CCOC(=O)CC1(NC(=O)C2CCC(=O)c3ccccc32)CCCC1. The number of ether oxygens (including phenoxy) is 1. The molecule has 0 spiro atoms. The molecule has 1 saturated carbocycles. The fraction of sp³-hybridized carbons (Fsp3) is 0.550. The van der Waals surface area contributed by atoms with Crippen LogP contribution in [0.25, 0.3) is 0 Å². The zero-order valence-electron chi connectivity index (χ0n) is 14.7. The van der Waals surface area contributed by atoms with Crippen LogP contribution in [0.4, 0.5) is 0 Å². The minimum atomic E-state index is -0.500. The average Bonchev–Trinajstić information content (AvgIpc) is 3.03. The van der Waals surface area contributed by atoms with Gasteiger partial charge in [-0.25, -0.2) is 0 Å². The van der Waals surface area contributed by atoms with E-state index >= 15 is 0 Å². The summed E-state index contributed by atoms with van der Waals surface area (Å²) in [5.74, 6) is -0.564. The van der Waals surface area contributed by atoms with Gasteiger partial charge in [-0.3, -0.25) is 14.4 Å². The van der Waals surface area contributed by atoms with E-state index in [2.05, 4.69) is 5.32 Å². The second kappa shape index (κ2) is 7.38. The van der Waals surface area contributed by atoms with E-state index in [0.717, 1.165) is 31.2 Å². The van der Waals surface area contributed by atoms with Gasteiger partial charge in [0.1, 0.15) is 0 Å². The Bertz CT molecular complexity index is 676. The smallest absolute Gasteiger partial charge is 0.308 e. The Morgan fingerprint density at radius 1 is 1.24 bits per heavy atom. The van der Waals surface area contributed by atoms with E-state index < -0.39 is 5.54 Å². The van der Waals surface area contributed by atoms with E-state index in [1.165, 1.54) is 0 Å². The van der Waals surface area contributed by atoms with Crippen molar-refractivity contribution in [1.29, 1.82) is 0 Å². The minimum absolute atomic E-state index is 0.0776. The summed E-state index contributed by atoms with van der Waals surface area (Å²) in [7, 11) is 0. The van der Waals surface area contributed by atoms with Crippen LogP contribution in [-0.4, -0.2) is 29.8 Å². The van der Waals surface area contributed by atoms with E-state index in [1.54, 1.807) is 13.0 Å². The predicted octanol–water partition coefficient (Wildman–Crippen LogP) is 3.13. The Kier molecular flexibility index (Phi) is 5.21. The van der Waals surface area contributed by atoms with Crippen molar-refractivity contribution >= 4 is 17.7 Å². The second-order valence-corrected chi connectivity index (χ2v) is 7.06. The summed E-state index contributed by atoms with van der Waals surface area (Å²) in [4.78, 5) is 37.1. The molecule has 1 aromatic rings. The molecule has 1 fully saturated rings. The lowest BCUT2D eigenvalue weighted by Crippen LogP contribution is -2.50. The molecule has 1 N–H and O–H groups in total. The number of benzene rings is 1. The van der Waals surface area contributed by atoms with Crippen molar-refractivity contribution in [2.75, 3.05) is 6.61 Å². The fourth-order valence-corrected chi connectivity index (χ4v) is 4.13. The summed E-state index contributed by atoms with van der Waals surface area (Å²) >= 11 is 0. The van der Waals surface area contributed by atoms with Crippen molar-refractivity contribution in [3.05, 3.63) is 35.4 Å². The van der Waals surface area contributed by atoms with Crippen LogP contribution in [-0.2, 0) is 14.3 Å². The van der Waals surface area contributed by atoms with E-state index in [-0.39, 0.29) is 30.0 Å². The van der Waals surface area contributed by atoms with Crippen LogP contribution in [0.3, 0.4) is 0 Å². The van der Waals surface area contributed by atoms with E-state index in [0.29, 0.717) is 25.0 Å². The monoisotopic (exact) mass is 343 g/mol. The average molecular weight is 343 g/mol. The molecule has 1 unspecified atom stereocenters. The van der Waals surface area contributed by atoms with Gasteiger partial charge in [-0.2, -0.15) is 0 Å². The molecule has 0 aromatic heterocycles. The number of rotatable bonds is 5. The van der Waals surface area contributed by atoms with E-state index in [4.69, 9.17) is 4.74 Å². The molecule has 134 valence electrons. The number of hydrogen-bond donors (Lipinski definition) is 1. The summed E-state index contributed by atoms with van der Waals surface area (Å²) in [5, 5.41) is 3.16. The van der Waals surface area contributed by atoms with Crippen LogP contribution in [0.2, 0.25) is 0 Å². The third kappa shape index (κ3) is 3.75. The van der Waals surface area contributed by atoms with E-state index in [9.17, 15) is 14.4 Å². The van der Waals surface area contributed by atoms with Gasteiger partial charge in [-0.05, 0) is 31.7 Å². The Labute approximate surface area is 148 Å². The van der Waals surface area contributed by atoms with Gasteiger partial charge in [-0.15, -0.1) is 0 Å². The van der Waals surface area contributed by atoms with Crippen molar-refractivity contribution in [1.82, 2.24) is 5.32 Å². The van der Waals surface area contributed by atoms with Crippen molar-refractivity contribution in [2.45, 2.75) is 63.3 Å². The molecule has 1 atom stereocenters. The quantitative estimate of drug-likeness (QED) is 0.834. The maximum absolute atomic E-state index is 13.0. The van der Waals surface area contributed by atoms with E-state index in [1.807, 2.05) is 18.2 Å². The van der Waals surface area contributed by atoms with Crippen LogP contribution in [0.15, 0.2) is 24.3 Å². The zero-order valence-corrected chi connectivity index (χ0v) is 14.7. The summed E-state index contributed by atoms with van der Waals surface area (Å²) in [6, 6.07) is 7.35. The number of Topliss-reactive ketones (excluding diaryl/α,β-unsaturated/α-hetero) is 1. The molecule has 0 radical (unpaired) electrons. The highest BCUT2D eigenvalue weighted by atomic mass is 16.5. The number of nitrogens with one attached hydrogen (secondary N) is 1. The van der Waals surface area contributed by atoms with Crippen molar-refractivity contribution in [3.63, 3.8) is 0 Å². The van der Waals surface area contributed by atoms with Crippen LogP contribution in [0.5, 0.6) is 0 Å². The van der Waals surface area contributed by atoms with Gasteiger partial charge in [0.15, 0.2) is 5.78 Å². The first kappa shape index (κ1) is 17.6. The molecule has 0 aliphatic heterocycles. The molecule has 0 bridgehead atoms. The van der Waals surface area contributed by atoms with Gasteiger partial charge in [0, 0.05) is 12.0 Å². The van der Waals surface area contributed by atoms with Gasteiger partial charge in [0.25, 0.3) is 0 Å². The topological polar surface area (TPSA) is 72.5 Å². The molecule has 5 nitrogen and oxygen atoms in total. The molecule has 5 heteroatoms. The maximum atomic E-state index is 13.0. The van der Waals surface area contributed by atoms with Crippen molar-refractivity contribution in [3.8, 4) is 0 Å².